The highest BCUT2D eigenvalue weighted by Crippen LogP contribution is 2.37. The molecule has 39 heavy (non-hydrogen) atoms. The van der Waals surface area contributed by atoms with Crippen LogP contribution >= 0.6 is 11.6 Å². The molecule has 0 aliphatic carbocycles. The predicted octanol–water partition coefficient (Wildman–Crippen LogP) is 3.81. The zero-order chi connectivity index (χ0) is 28.2. The first-order valence-corrected chi connectivity index (χ1v) is 13.7. The Kier molecular flexibility index (Phi) is 8.46. The molecule has 0 aromatic heterocycles. The van der Waals surface area contributed by atoms with Crippen LogP contribution in [-0.2, 0) is 14.8 Å². The standard InChI is InChI=1S/C26H27ClN4O7S/c1-37-21-10-11-22(24(17-21)38-2)30(39(35,36)25-9-4-3-8-23(25)31(33)34)18-26(32)29-14-12-28(13-15-29)20-7-5-6-19(27)16-20/h3-11,16-17H,12-15,18H2,1-2H3. The van der Waals surface area contributed by atoms with Crippen LogP contribution in [-0.4, -0.2) is 71.1 Å². The number of nitrogens with zero attached hydrogens (tertiary/aromatic N) is 4. The van der Waals surface area contributed by atoms with Gasteiger partial charge in [-0.15, -0.1) is 0 Å². The van der Waals surface area contributed by atoms with Gasteiger partial charge in [0.25, 0.3) is 15.7 Å². The summed E-state index contributed by atoms with van der Waals surface area (Å²) in [4.78, 5) is 27.5. The number of anilines is 2. The number of rotatable bonds is 9. The third kappa shape index (κ3) is 6.02. The molecule has 1 aliphatic rings. The van der Waals surface area contributed by atoms with Gasteiger partial charge in [0.15, 0.2) is 4.90 Å². The Morgan fingerprint density at radius 3 is 2.36 bits per heavy atom. The first-order chi connectivity index (χ1) is 18.6. The van der Waals surface area contributed by atoms with Crippen molar-refractivity contribution < 1.29 is 27.6 Å². The molecule has 3 aromatic rings. The predicted molar refractivity (Wildman–Crippen MR) is 147 cm³/mol. The van der Waals surface area contributed by atoms with Crippen molar-refractivity contribution in [2.75, 3.05) is 56.1 Å². The molecule has 0 bridgehead atoms. The molecule has 11 nitrogen and oxygen atoms in total. The normalized spacial score (nSPS) is 13.6. The van der Waals surface area contributed by atoms with Crippen molar-refractivity contribution in [1.29, 1.82) is 0 Å². The van der Waals surface area contributed by atoms with Crippen molar-refractivity contribution in [3.63, 3.8) is 0 Å². The molecule has 0 saturated carbocycles. The van der Waals surface area contributed by atoms with E-state index in [1.54, 1.807) is 11.0 Å². The Morgan fingerprint density at radius 2 is 1.72 bits per heavy atom. The van der Waals surface area contributed by atoms with Crippen LogP contribution in [0.4, 0.5) is 17.1 Å². The SMILES string of the molecule is COc1ccc(N(CC(=O)N2CCN(c3cccc(Cl)c3)CC2)S(=O)(=O)c2ccccc2[N+](=O)[O-])c(OC)c1. The summed E-state index contributed by atoms with van der Waals surface area (Å²) in [5.74, 6) is 0.0676. The molecule has 0 radical (unpaired) electrons. The van der Waals surface area contributed by atoms with Gasteiger partial charge < -0.3 is 19.3 Å². The van der Waals surface area contributed by atoms with Gasteiger partial charge in [0, 0.05) is 49.0 Å². The average Bonchev–Trinajstić information content (AvgIpc) is 2.95. The Bertz CT molecular complexity index is 1480. The highest BCUT2D eigenvalue weighted by Gasteiger charge is 2.36. The minimum absolute atomic E-state index is 0.0439. The second kappa shape index (κ2) is 11.8. The monoisotopic (exact) mass is 574 g/mol. The highest BCUT2D eigenvalue weighted by atomic mass is 35.5. The molecule has 0 atom stereocenters. The van der Waals surface area contributed by atoms with E-state index >= 15 is 0 Å². The first kappa shape index (κ1) is 28.0. The molecule has 206 valence electrons. The zero-order valence-electron chi connectivity index (χ0n) is 21.3. The number of nitro groups is 1. The van der Waals surface area contributed by atoms with Crippen LogP contribution in [0, 0.1) is 10.1 Å². The minimum atomic E-state index is -4.58. The second-order valence-corrected chi connectivity index (χ2v) is 10.9. The fourth-order valence-electron chi connectivity index (χ4n) is 4.35. The van der Waals surface area contributed by atoms with Crippen molar-refractivity contribution in [3.05, 3.63) is 81.9 Å². The van der Waals surface area contributed by atoms with Crippen molar-refractivity contribution in [2.24, 2.45) is 0 Å². The molecule has 1 heterocycles. The van der Waals surface area contributed by atoms with E-state index < -0.39 is 38.0 Å². The number of hydrogen-bond acceptors (Lipinski definition) is 8. The Morgan fingerprint density at radius 1 is 1.00 bits per heavy atom. The second-order valence-electron chi connectivity index (χ2n) is 8.62. The van der Waals surface area contributed by atoms with E-state index in [0.29, 0.717) is 37.0 Å². The Labute approximate surface area is 231 Å². The molecule has 3 aromatic carbocycles. The van der Waals surface area contributed by atoms with E-state index in [-0.39, 0.29) is 11.4 Å². The van der Waals surface area contributed by atoms with E-state index in [1.807, 2.05) is 18.2 Å². The van der Waals surface area contributed by atoms with Crippen LogP contribution in [0.5, 0.6) is 11.5 Å². The van der Waals surface area contributed by atoms with Gasteiger partial charge in [-0.2, -0.15) is 0 Å². The summed E-state index contributed by atoms with van der Waals surface area (Å²) in [5.41, 5.74) is 0.373. The fraction of sp³-hybridized carbons (Fsp3) is 0.269. The van der Waals surface area contributed by atoms with Crippen molar-refractivity contribution >= 4 is 44.6 Å². The largest absolute Gasteiger partial charge is 0.497 e. The number of amides is 1. The number of ether oxygens (including phenoxy) is 2. The maximum atomic E-state index is 13.9. The molecular formula is C26H27ClN4O7S. The number of piperazine rings is 1. The zero-order valence-corrected chi connectivity index (χ0v) is 22.9. The average molecular weight is 575 g/mol. The number of para-hydroxylation sites is 1. The molecule has 13 heteroatoms. The van der Waals surface area contributed by atoms with Gasteiger partial charge in [-0.3, -0.25) is 19.2 Å². The number of carbonyl (C=O) groups excluding carboxylic acids is 1. The van der Waals surface area contributed by atoms with Crippen LogP contribution < -0.4 is 18.7 Å². The summed E-state index contributed by atoms with van der Waals surface area (Å²) in [6, 6.07) is 16.9. The molecule has 1 aliphatic heterocycles. The van der Waals surface area contributed by atoms with Crippen LogP contribution in [0.25, 0.3) is 0 Å². The summed E-state index contributed by atoms with van der Waals surface area (Å²) in [6.45, 7) is 1.16. The van der Waals surface area contributed by atoms with E-state index in [4.69, 9.17) is 21.1 Å². The van der Waals surface area contributed by atoms with Gasteiger partial charge in [0.05, 0.1) is 24.8 Å². The lowest BCUT2D eigenvalue weighted by atomic mass is 10.2. The van der Waals surface area contributed by atoms with Crippen LogP contribution in [0.2, 0.25) is 5.02 Å². The highest BCUT2D eigenvalue weighted by molar-refractivity contribution is 7.93. The molecule has 1 saturated heterocycles. The van der Waals surface area contributed by atoms with Crippen molar-refractivity contribution in [3.8, 4) is 11.5 Å². The van der Waals surface area contributed by atoms with Gasteiger partial charge in [0.1, 0.15) is 18.0 Å². The molecular weight excluding hydrogens is 548 g/mol. The van der Waals surface area contributed by atoms with Crippen LogP contribution in [0.3, 0.4) is 0 Å². The first-order valence-electron chi connectivity index (χ1n) is 11.9. The maximum absolute atomic E-state index is 13.9. The van der Waals surface area contributed by atoms with E-state index in [2.05, 4.69) is 4.90 Å². The summed E-state index contributed by atoms with van der Waals surface area (Å²) in [5, 5.41) is 12.3. The summed E-state index contributed by atoms with van der Waals surface area (Å²) >= 11 is 6.11. The van der Waals surface area contributed by atoms with Crippen LogP contribution in [0.1, 0.15) is 0 Å². The number of nitro benzene ring substituents is 1. The summed E-state index contributed by atoms with van der Waals surface area (Å²) in [7, 11) is -1.78. The number of hydrogen-bond donors (Lipinski definition) is 0. The maximum Gasteiger partial charge on any atom is 0.289 e. The number of methoxy groups -OCH3 is 2. The van der Waals surface area contributed by atoms with Crippen molar-refractivity contribution in [1.82, 2.24) is 4.90 Å². The number of benzene rings is 3. The number of halogens is 1. The van der Waals surface area contributed by atoms with Gasteiger partial charge in [-0.05, 0) is 36.4 Å². The Hall–Kier alpha value is -4.03. The van der Waals surface area contributed by atoms with Gasteiger partial charge >= 0.3 is 0 Å². The number of sulfonamides is 1. The topological polar surface area (TPSA) is 123 Å². The molecule has 0 spiro atoms. The van der Waals surface area contributed by atoms with Gasteiger partial charge in [-0.1, -0.05) is 29.8 Å². The Balaban J connectivity index is 1.66. The molecule has 1 amide bonds. The lowest BCUT2D eigenvalue weighted by molar-refractivity contribution is -0.387. The molecule has 0 N–H and O–H groups in total. The fourth-order valence-corrected chi connectivity index (χ4v) is 6.11. The van der Waals surface area contributed by atoms with Crippen molar-refractivity contribution in [2.45, 2.75) is 4.90 Å². The van der Waals surface area contributed by atoms with Gasteiger partial charge in [-0.25, -0.2) is 8.42 Å². The number of carbonyl (C=O) groups is 1. The van der Waals surface area contributed by atoms with E-state index in [0.717, 1.165) is 22.1 Å². The van der Waals surface area contributed by atoms with E-state index in [9.17, 15) is 23.3 Å². The smallest absolute Gasteiger partial charge is 0.289 e. The third-order valence-electron chi connectivity index (χ3n) is 6.37. The lowest BCUT2D eigenvalue weighted by Crippen LogP contribution is -2.52. The molecule has 0 unspecified atom stereocenters. The molecule has 1 fully saturated rings. The summed E-state index contributed by atoms with van der Waals surface area (Å²) < 4.78 is 39.3. The third-order valence-corrected chi connectivity index (χ3v) is 8.41. The molecule has 4 rings (SSSR count). The summed E-state index contributed by atoms with van der Waals surface area (Å²) in [6.07, 6.45) is 0. The van der Waals surface area contributed by atoms with Gasteiger partial charge in [0.2, 0.25) is 5.91 Å². The minimum Gasteiger partial charge on any atom is -0.497 e. The lowest BCUT2D eigenvalue weighted by Gasteiger charge is -2.37. The quantitative estimate of drug-likeness (QED) is 0.279. The van der Waals surface area contributed by atoms with E-state index in [1.165, 1.54) is 44.6 Å². The van der Waals surface area contributed by atoms with Crippen LogP contribution in [0.15, 0.2) is 71.6 Å².